The monoisotopic (exact) mass is 241 g/mol. The van der Waals surface area contributed by atoms with Crippen molar-refractivity contribution in [1.29, 1.82) is 0 Å². The Balaban J connectivity index is 3.17. The highest BCUT2D eigenvalue weighted by Crippen LogP contribution is 2.33. The minimum absolute atomic E-state index is 0.155. The molecule has 1 rings (SSSR count). The van der Waals surface area contributed by atoms with Crippen molar-refractivity contribution in [2.75, 3.05) is 6.54 Å². The first-order valence-electron chi connectivity index (χ1n) is 4.06. The average Bonchev–Trinajstić information content (AvgIpc) is 2.14. The van der Waals surface area contributed by atoms with Gasteiger partial charge in [0.2, 0.25) is 0 Å². The minimum Gasteiger partial charge on any atom is -0.327 e. The normalized spacial score (nSPS) is 14.0. The fraction of sp³-hybridized carbons (Fsp3) is 0.333. The fourth-order valence-electron chi connectivity index (χ4n) is 1.09. The number of hydrogen-bond donors (Lipinski definition) is 1. The van der Waals surface area contributed by atoms with E-state index in [1.54, 1.807) is 0 Å². The molecule has 0 spiro atoms. The Bertz CT molecular complexity index is 350. The van der Waals surface area contributed by atoms with E-state index < -0.39 is 17.9 Å². The highest BCUT2D eigenvalue weighted by atomic mass is 35.5. The third-order valence-corrected chi connectivity index (χ3v) is 2.03. The lowest BCUT2D eigenvalue weighted by Gasteiger charge is -2.11. The lowest BCUT2D eigenvalue weighted by atomic mass is 10.1. The Morgan fingerprint density at radius 2 is 1.87 bits per heavy atom. The Morgan fingerprint density at radius 3 is 2.33 bits per heavy atom. The average molecular weight is 242 g/mol. The van der Waals surface area contributed by atoms with E-state index >= 15 is 0 Å². The van der Waals surface area contributed by atoms with Crippen LogP contribution in [-0.2, 0) is 6.18 Å². The summed E-state index contributed by atoms with van der Waals surface area (Å²) in [4.78, 5) is 0. The largest absolute Gasteiger partial charge is 0.416 e. The molecule has 2 N–H and O–H groups in total. The Labute approximate surface area is 88.8 Å². The minimum atomic E-state index is -4.53. The third-order valence-electron chi connectivity index (χ3n) is 1.82. The van der Waals surface area contributed by atoms with Gasteiger partial charge in [0.15, 0.2) is 0 Å². The summed E-state index contributed by atoms with van der Waals surface area (Å²) in [6.07, 6.45) is -6.17. The van der Waals surface area contributed by atoms with E-state index in [2.05, 4.69) is 0 Å². The number of alkyl halides is 4. The van der Waals surface area contributed by atoms with Crippen LogP contribution >= 0.6 is 11.6 Å². The molecule has 15 heavy (non-hydrogen) atoms. The summed E-state index contributed by atoms with van der Waals surface area (Å²) in [5, 5.41) is -0.157. The van der Waals surface area contributed by atoms with Crippen LogP contribution in [0.4, 0.5) is 17.6 Å². The maximum Gasteiger partial charge on any atom is 0.416 e. The van der Waals surface area contributed by atoms with Gasteiger partial charge >= 0.3 is 6.18 Å². The number of benzene rings is 1. The molecule has 1 atom stereocenters. The standard InChI is InChI=1S/C9H8ClF4N/c10-7-2-5(8(11)4-15)1-6(3-7)9(12,13)14/h1-3,8H,4,15H2. The molecule has 0 saturated heterocycles. The Kier molecular flexibility index (Phi) is 3.57. The van der Waals surface area contributed by atoms with Gasteiger partial charge in [-0.1, -0.05) is 11.6 Å². The first kappa shape index (κ1) is 12.3. The summed E-state index contributed by atoms with van der Waals surface area (Å²) < 4.78 is 50.0. The molecule has 6 heteroatoms. The van der Waals surface area contributed by atoms with E-state index in [9.17, 15) is 17.6 Å². The van der Waals surface area contributed by atoms with Crippen molar-refractivity contribution >= 4 is 11.6 Å². The first-order chi connectivity index (χ1) is 6.84. The molecular formula is C9H8ClF4N. The quantitative estimate of drug-likeness (QED) is 0.790. The predicted molar refractivity (Wildman–Crippen MR) is 49.4 cm³/mol. The summed E-state index contributed by atoms with van der Waals surface area (Å²) in [7, 11) is 0. The highest BCUT2D eigenvalue weighted by molar-refractivity contribution is 6.30. The predicted octanol–water partition coefficient (Wildman–Crippen LogP) is 3.33. The second-order valence-electron chi connectivity index (χ2n) is 2.97. The van der Waals surface area contributed by atoms with Crippen molar-refractivity contribution < 1.29 is 17.6 Å². The van der Waals surface area contributed by atoms with Crippen LogP contribution in [0.2, 0.25) is 5.02 Å². The zero-order chi connectivity index (χ0) is 11.6. The molecule has 1 nitrogen and oxygen atoms in total. The maximum absolute atomic E-state index is 13.1. The molecule has 0 aromatic heterocycles. The molecule has 0 aliphatic heterocycles. The second-order valence-corrected chi connectivity index (χ2v) is 3.41. The molecule has 1 unspecified atom stereocenters. The zero-order valence-electron chi connectivity index (χ0n) is 7.48. The molecule has 0 amide bonds. The van der Waals surface area contributed by atoms with E-state index in [0.717, 1.165) is 12.1 Å². The number of halogens is 5. The summed E-state index contributed by atoms with van der Waals surface area (Å²) >= 11 is 5.45. The van der Waals surface area contributed by atoms with Gasteiger partial charge in [-0.05, 0) is 23.8 Å². The van der Waals surface area contributed by atoms with Gasteiger partial charge in [0.1, 0.15) is 6.17 Å². The molecule has 1 aromatic carbocycles. The fourth-order valence-corrected chi connectivity index (χ4v) is 1.34. The van der Waals surface area contributed by atoms with Crippen molar-refractivity contribution in [2.24, 2.45) is 5.73 Å². The van der Waals surface area contributed by atoms with Crippen LogP contribution in [-0.4, -0.2) is 6.54 Å². The van der Waals surface area contributed by atoms with Crippen LogP contribution in [0.5, 0.6) is 0 Å². The van der Waals surface area contributed by atoms with E-state index in [1.807, 2.05) is 0 Å². The van der Waals surface area contributed by atoms with Gasteiger partial charge in [-0.15, -0.1) is 0 Å². The molecule has 0 aliphatic rings. The topological polar surface area (TPSA) is 26.0 Å². The molecule has 84 valence electrons. The third kappa shape index (κ3) is 3.07. The molecule has 0 radical (unpaired) electrons. The lowest BCUT2D eigenvalue weighted by Crippen LogP contribution is -2.10. The van der Waals surface area contributed by atoms with Gasteiger partial charge in [-0.3, -0.25) is 0 Å². The van der Waals surface area contributed by atoms with Gasteiger partial charge in [0, 0.05) is 11.6 Å². The van der Waals surface area contributed by atoms with Crippen LogP contribution in [0.15, 0.2) is 18.2 Å². The molecule has 1 aromatic rings. The SMILES string of the molecule is NCC(F)c1cc(Cl)cc(C(F)(F)F)c1. The molecular weight excluding hydrogens is 234 g/mol. The lowest BCUT2D eigenvalue weighted by molar-refractivity contribution is -0.137. The summed E-state index contributed by atoms with van der Waals surface area (Å²) in [6, 6.07) is 2.59. The van der Waals surface area contributed by atoms with Crippen molar-refractivity contribution in [3.63, 3.8) is 0 Å². The molecule has 0 fully saturated rings. The van der Waals surface area contributed by atoms with Gasteiger partial charge in [-0.25, -0.2) is 4.39 Å². The van der Waals surface area contributed by atoms with Crippen molar-refractivity contribution in [3.8, 4) is 0 Å². The van der Waals surface area contributed by atoms with Gasteiger partial charge < -0.3 is 5.73 Å². The molecule has 0 aliphatic carbocycles. The van der Waals surface area contributed by atoms with Crippen LogP contribution in [0, 0.1) is 0 Å². The van der Waals surface area contributed by atoms with Crippen LogP contribution in [0.25, 0.3) is 0 Å². The number of hydrogen-bond acceptors (Lipinski definition) is 1. The smallest absolute Gasteiger partial charge is 0.327 e. The summed E-state index contributed by atoms with van der Waals surface area (Å²) in [5.41, 5.74) is 3.89. The van der Waals surface area contributed by atoms with E-state index in [1.165, 1.54) is 0 Å². The molecule has 0 saturated carbocycles. The summed E-state index contributed by atoms with van der Waals surface area (Å²) in [6.45, 7) is -0.377. The van der Waals surface area contributed by atoms with Crippen molar-refractivity contribution in [3.05, 3.63) is 34.3 Å². The van der Waals surface area contributed by atoms with E-state index in [4.69, 9.17) is 17.3 Å². The maximum atomic E-state index is 13.1. The van der Waals surface area contributed by atoms with Gasteiger partial charge in [0.05, 0.1) is 5.56 Å². The molecule has 0 bridgehead atoms. The number of rotatable bonds is 2. The van der Waals surface area contributed by atoms with Gasteiger partial charge in [0.25, 0.3) is 0 Å². The van der Waals surface area contributed by atoms with E-state index in [0.29, 0.717) is 6.07 Å². The van der Waals surface area contributed by atoms with Crippen molar-refractivity contribution in [2.45, 2.75) is 12.3 Å². The first-order valence-corrected chi connectivity index (χ1v) is 4.44. The second kappa shape index (κ2) is 4.37. The summed E-state index contributed by atoms with van der Waals surface area (Å²) in [5.74, 6) is 0. The highest BCUT2D eigenvalue weighted by Gasteiger charge is 2.31. The Hall–Kier alpha value is -0.810. The van der Waals surface area contributed by atoms with Crippen molar-refractivity contribution in [1.82, 2.24) is 0 Å². The Morgan fingerprint density at radius 1 is 1.27 bits per heavy atom. The number of nitrogens with two attached hydrogens (primary N) is 1. The van der Waals surface area contributed by atoms with Gasteiger partial charge in [-0.2, -0.15) is 13.2 Å². The van der Waals surface area contributed by atoms with Crippen LogP contribution in [0.3, 0.4) is 0 Å². The molecule has 0 heterocycles. The van der Waals surface area contributed by atoms with Crippen LogP contribution in [0.1, 0.15) is 17.3 Å². The zero-order valence-corrected chi connectivity index (χ0v) is 8.24. The van der Waals surface area contributed by atoms with E-state index in [-0.39, 0.29) is 17.1 Å². The van der Waals surface area contributed by atoms with Crippen LogP contribution < -0.4 is 5.73 Å².